The minimum Gasteiger partial charge on any atom is -0.480 e. The van der Waals surface area contributed by atoms with Crippen LogP contribution in [-0.2, 0) is 11.3 Å². The van der Waals surface area contributed by atoms with Gasteiger partial charge in [0.2, 0.25) is 0 Å². The van der Waals surface area contributed by atoms with Gasteiger partial charge >= 0.3 is 5.97 Å². The van der Waals surface area contributed by atoms with Crippen LogP contribution in [0.15, 0.2) is 12.1 Å². The van der Waals surface area contributed by atoms with Crippen molar-refractivity contribution < 1.29 is 9.90 Å². The predicted molar refractivity (Wildman–Crippen MR) is 62.9 cm³/mol. The van der Waals surface area contributed by atoms with Gasteiger partial charge in [0.15, 0.2) is 0 Å². The van der Waals surface area contributed by atoms with Crippen molar-refractivity contribution >= 4 is 51.2 Å². The fourth-order valence-corrected chi connectivity index (χ4v) is 2.05. The number of aliphatic carboxylic acids is 1. The highest BCUT2D eigenvalue weighted by molar-refractivity contribution is 14.1. The quantitative estimate of drug-likeness (QED) is 0.670. The molecular formula is C8H5ClIN3O2. The number of aromatic nitrogens is 3. The van der Waals surface area contributed by atoms with Crippen LogP contribution in [-0.4, -0.2) is 25.8 Å². The summed E-state index contributed by atoms with van der Waals surface area (Å²) < 4.78 is 2.04. The van der Waals surface area contributed by atoms with Crippen molar-refractivity contribution in [2.75, 3.05) is 0 Å². The molecule has 2 rings (SSSR count). The van der Waals surface area contributed by atoms with E-state index in [1.165, 1.54) is 4.68 Å². The van der Waals surface area contributed by atoms with E-state index >= 15 is 0 Å². The number of hydrogen-bond acceptors (Lipinski definition) is 3. The third-order valence-corrected chi connectivity index (χ3v) is 2.74. The number of carboxylic acid groups (broad SMARTS) is 1. The van der Waals surface area contributed by atoms with Gasteiger partial charge in [-0.15, -0.1) is 0 Å². The third-order valence-electron chi connectivity index (χ3n) is 1.81. The van der Waals surface area contributed by atoms with Crippen molar-refractivity contribution in [2.45, 2.75) is 6.54 Å². The molecule has 2 aromatic heterocycles. The molecule has 0 radical (unpaired) electrons. The molecule has 0 unspecified atom stereocenters. The first-order valence-corrected chi connectivity index (χ1v) is 5.44. The van der Waals surface area contributed by atoms with Crippen molar-refractivity contribution in [3.05, 3.63) is 21.0 Å². The first kappa shape index (κ1) is 10.6. The van der Waals surface area contributed by atoms with Gasteiger partial charge in [-0.3, -0.25) is 9.48 Å². The molecule has 0 aromatic carbocycles. The van der Waals surface area contributed by atoms with Crippen molar-refractivity contribution in [1.29, 1.82) is 0 Å². The van der Waals surface area contributed by atoms with E-state index in [1.807, 2.05) is 22.6 Å². The standard InChI is InChI=1S/C8H5ClIN3O2/c9-5-2-1-4-7(11-5)8(10)12-13(4)3-6(14)15/h1-2H,3H2,(H,14,15). The number of pyridine rings is 1. The Morgan fingerprint density at radius 1 is 1.60 bits per heavy atom. The second kappa shape index (κ2) is 3.93. The Bertz CT molecular complexity index is 540. The summed E-state index contributed by atoms with van der Waals surface area (Å²) in [5.74, 6) is -0.939. The van der Waals surface area contributed by atoms with E-state index in [0.29, 0.717) is 19.9 Å². The average molecular weight is 338 g/mol. The predicted octanol–water partition coefficient (Wildman–Crippen LogP) is 1.77. The van der Waals surface area contributed by atoms with Gasteiger partial charge in [0.1, 0.15) is 20.9 Å². The van der Waals surface area contributed by atoms with Gasteiger partial charge < -0.3 is 5.11 Å². The summed E-state index contributed by atoms with van der Waals surface area (Å²) in [4.78, 5) is 14.7. The molecule has 0 aliphatic rings. The highest BCUT2D eigenvalue weighted by atomic mass is 127. The van der Waals surface area contributed by atoms with Crippen LogP contribution in [0.1, 0.15) is 0 Å². The summed E-state index contributed by atoms with van der Waals surface area (Å²) in [6.45, 7) is -0.178. The minimum atomic E-state index is -0.939. The largest absolute Gasteiger partial charge is 0.480 e. The lowest BCUT2D eigenvalue weighted by atomic mass is 10.4. The average Bonchev–Trinajstić information content (AvgIpc) is 2.42. The maximum atomic E-state index is 10.6. The van der Waals surface area contributed by atoms with Crippen molar-refractivity contribution in [3.63, 3.8) is 0 Å². The lowest BCUT2D eigenvalue weighted by Gasteiger charge is -1.97. The van der Waals surface area contributed by atoms with Crippen LogP contribution in [0, 0.1) is 3.70 Å². The van der Waals surface area contributed by atoms with E-state index in [2.05, 4.69) is 10.1 Å². The topological polar surface area (TPSA) is 68.0 Å². The highest BCUT2D eigenvalue weighted by Gasteiger charge is 2.11. The molecule has 5 nitrogen and oxygen atoms in total. The number of halogens is 2. The fourth-order valence-electron chi connectivity index (χ4n) is 1.24. The highest BCUT2D eigenvalue weighted by Crippen LogP contribution is 2.20. The van der Waals surface area contributed by atoms with Gasteiger partial charge in [0.25, 0.3) is 0 Å². The molecule has 0 spiro atoms. The molecule has 0 aliphatic carbocycles. The summed E-state index contributed by atoms with van der Waals surface area (Å²) in [5.41, 5.74) is 1.30. The molecule has 0 saturated heterocycles. The van der Waals surface area contributed by atoms with Crippen molar-refractivity contribution in [1.82, 2.24) is 14.8 Å². The molecule has 0 fully saturated rings. The van der Waals surface area contributed by atoms with E-state index in [0.717, 1.165) is 0 Å². The molecule has 0 atom stereocenters. The van der Waals surface area contributed by atoms with Gasteiger partial charge in [-0.2, -0.15) is 5.10 Å². The van der Waals surface area contributed by atoms with Gasteiger partial charge in [-0.1, -0.05) is 11.6 Å². The molecule has 1 N–H and O–H groups in total. The molecule has 78 valence electrons. The van der Waals surface area contributed by atoms with Crippen LogP contribution >= 0.6 is 34.2 Å². The number of carboxylic acids is 1. The molecule has 0 amide bonds. The van der Waals surface area contributed by atoms with E-state index in [9.17, 15) is 4.79 Å². The molecule has 2 aromatic rings. The number of hydrogen-bond donors (Lipinski definition) is 1. The Morgan fingerprint density at radius 3 is 3.00 bits per heavy atom. The smallest absolute Gasteiger partial charge is 0.325 e. The Balaban J connectivity index is 2.62. The monoisotopic (exact) mass is 337 g/mol. The van der Waals surface area contributed by atoms with Crippen LogP contribution in [0.3, 0.4) is 0 Å². The molecule has 0 bridgehead atoms. The maximum absolute atomic E-state index is 10.6. The van der Waals surface area contributed by atoms with Crippen LogP contribution in [0.25, 0.3) is 11.0 Å². The number of rotatable bonds is 2. The summed E-state index contributed by atoms with van der Waals surface area (Å²) in [6.07, 6.45) is 0. The molecule has 15 heavy (non-hydrogen) atoms. The number of carbonyl (C=O) groups is 1. The third kappa shape index (κ3) is 2.05. The van der Waals surface area contributed by atoms with Crippen LogP contribution in [0.5, 0.6) is 0 Å². The van der Waals surface area contributed by atoms with Crippen molar-refractivity contribution in [3.8, 4) is 0 Å². The zero-order valence-corrected chi connectivity index (χ0v) is 10.2. The second-order valence-electron chi connectivity index (χ2n) is 2.84. The van der Waals surface area contributed by atoms with E-state index in [1.54, 1.807) is 12.1 Å². The minimum absolute atomic E-state index is 0.178. The number of nitrogens with zero attached hydrogens (tertiary/aromatic N) is 3. The maximum Gasteiger partial charge on any atom is 0.325 e. The Morgan fingerprint density at radius 2 is 2.33 bits per heavy atom. The van der Waals surface area contributed by atoms with E-state index in [4.69, 9.17) is 16.7 Å². The second-order valence-corrected chi connectivity index (χ2v) is 4.25. The molecule has 0 saturated carbocycles. The fraction of sp³-hybridized carbons (Fsp3) is 0.125. The number of fused-ring (bicyclic) bond motifs is 1. The first-order chi connectivity index (χ1) is 7.08. The normalized spacial score (nSPS) is 10.8. The SMILES string of the molecule is O=C(O)Cn1nc(I)c2nc(Cl)ccc21. The summed E-state index contributed by atoms with van der Waals surface area (Å²) >= 11 is 7.73. The van der Waals surface area contributed by atoms with Gasteiger partial charge in [0.05, 0.1) is 5.52 Å². The lowest BCUT2D eigenvalue weighted by molar-refractivity contribution is -0.137. The van der Waals surface area contributed by atoms with Crippen LogP contribution < -0.4 is 0 Å². The molecule has 7 heteroatoms. The van der Waals surface area contributed by atoms with Crippen LogP contribution in [0.4, 0.5) is 0 Å². The Kier molecular flexibility index (Phi) is 2.79. The summed E-state index contributed by atoms with van der Waals surface area (Å²) in [6, 6.07) is 3.32. The molecule has 0 aliphatic heterocycles. The van der Waals surface area contributed by atoms with Gasteiger partial charge in [-0.25, -0.2) is 4.98 Å². The van der Waals surface area contributed by atoms with E-state index in [-0.39, 0.29) is 6.54 Å². The summed E-state index contributed by atoms with van der Waals surface area (Å²) in [5, 5.41) is 13.1. The lowest BCUT2D eigenvalue weighted by Crippen LogP contribution is -2.09. The van der Waals surface area contributed by atoms with Gasteiger partial charge in [0, 0.05) is 0 Å². The van der Waals surface area contributed by atoms with Crippen LogP contribution in [0.2, 0.25) is 5.15 Å². The van der Waals surface area contributed by atoms with E-state index < -0.39 is 5.97 Å². The zero-order valence-electron chi connectivity index (χ0n) is 7.31. The molecular weight excluding hydrogens is 332 g/mol. The van der Waals surface area contributed by atoms with Gasteiger partial charge in [-0.05, 0) is 34.7 Å². The summed E-state index contributed by atoms with van der Waals surface area (Å²) in [7, 11) is 0. The Labute approximate surface area is 103 Å². The van der Waals surface area contributed by atoms with Crippen molar-refractivity contribution in [2.24, 2.45) is 0 Å². The zero-order chi connectivity index (χ0) is 11.0. The molecule has 2 heterocycles. The Hall–Kier alpha value is -0.890. The first-order valence-electron chi connectivity index (χ1n) is 3.98.